The van der Waals surface area contributed by atoms with E-state index in [0.29, 0.717) is 12.2 Å². The lowest BCUT2D eigenvalue weighted by Crippen LogP contribution is -2.25. The summed E-state index contributed by atoms with van der Waals surface area (Å²) < 4.78 is 13.1. The van der Waals surface area contributed by atoms with Crippen molar-refractivity contribution in [1.29, 1.82) is 0 Å². The van der Waals surface area contributed by atoms with E-state index in [1.807, 2.05) is 6.92 Å². The molecular formula is C14H14ClFN4O. The van der Waals surface area contributed by atoms with Crippen LogP contribution in [0.25, 0.3) is 0 Å². The van der Waals surface area contributed by atoms with Gasteiger partial charge in [0.25, 0.3) is 5.91 Å². The highest BCUT2D eigenvalue weighted by Gasteiger charge is 2.08. The van der Waals surface area contributed by atoms with Crippen LogP contribution in [0, 0.1) is 5.82 Å². The number of aromatic nitrogens is 2. The summed E-state index contributed by atoms with van der Waals surface area (Å²) in [6.07, 6.45) is 2.32. The lowest BCUT2D eigenvalue weighted by molar-refractivity contribution is 0.0948. The molecule has 1 amide bonds. The van der Waals surface area contributed by atoms with Crippen molar-refractivity contribution in [3.05, 3.63) is 47.0 Å². The van der Waals surface area contributed by atoms with Gasteiger partial charge >= 0.3 is 0 Å². The summed E-state index contributed by atoms with van der Waals surface area (Å²) in [4.78, 5) is 19.9. The fraction of sp³-hybridized carbons (Fsp3) is 0.214. The van der Waals surface area contributed by atoms with Crippen molar-refractivity contribution >= 4 is 29.1 Å². The van der Waals surface area contributed by atoms with Gasteiger partial charge in [0, 0.05) is 18.4 Å². The Morgan fingerprint density at radius 1 is 1.38 bits per heavy atom. The number of anilines is 2. The molecule has 0 spiro atoms. The van der Waals surface area contributed by atoms with Gasteiger partial charge in [-0.25, -0.2) is 14.4 Å². The number of benzene rings is 1. The molecule has 1 heterocycles. The van der Waals surface area contributed by atoms with Crippen molar-refractivity contribution in [2.24, 2.45) is 0 Å². The maximum Gasteiger partial charge on any atom is 0.270 e. The third-order valence-electron chi connectivity index (χ3n) is 2.60. The molecular weight excluding hydrogens is 295 g/mol. The summed E-state index contributed by atoms with van der Waals surface area (Å²) in [6.45, 7) is 2.55. The monoisotopic (exact) mass is 308 g/mol. The van der Waals surface area contributed by atoms with Gasteiger partial charge in [-0.3, -0.25) is 4.79 Å². The number of nitrogens with one attached hydrogen (secondary N) is 2. The summed E-state index contributed by atoms with van der Waals surface area (Å²) in [5.41, 5.74) is 0.793. The molecule has 0 unspecified atom stereocenters. The maximum atomic E-state index is 13.1. The molecule has 2 rings (SSSR count). The number of hydrogen-bond donors (Lipinski definition) is 2. The molecule has 0 saturated carbocycles. The normalized spacial score (nSPS) is 10.2. The van der Waals surface area contributed by atoms with E-state index < -0.39 is 5.82 Å². The van der Waals surface area contributed by atoms with Crippen LogP contribution in [0.2, 0.25) is 5.02 Å². The predicted octanol–water partition coefficient (Wildman–Crippen LogP) is 3.15. The van der Waals surface area contributed by atoms with E-state index >= 15 is 0 Å². The molecule has 0 bridgehead atoms. The molecule has 0 saturated heterocycles. The van der Waals surface area contributed by atoms with Gasteiger partial charge in [0.05, 0.1) is 5.02 Å². The molecule has 1 aromatic carbocycles. The number of carbonyl (C=O) groups is 1. The van der Waals surface area contributed by atoms with Gasteiger partial charge in [-0.15, -0.1) is 0 Å². The van der Waals surface area contributed by atoms with Gasteiger partial charge in [0.2, 0.25) is 5.95 Å². The van der Waals surface area contributed by atoms with Gasteiger partial charge in [0.1, 0.15) is 11.5 Å². The van der Waals surface area contributed by atoms with Crippen molar-refractivity contribution in [2.45, 2.75) is 13.3 Å². The summed E-state index contributed by atoms with van der Waals surface area (Å²) in [7, 11) is 0. The number of amides is 1. The molecule has 0 aliphatic rings. The Labute approximate surface area is 126 Å². The maximum absolute atomic E-state index is 13.1. The quantitative estimate of drug-likeness (QED) is 0.890. The fourth-order valence-electron chi connectivity index (χ4n) is 1.58. The summed E-state index contributed by atoms with van der Waals surface area (Å²) in [6, 6.07) is 5.69. The number of nitrogens with zero attached hydrogens (tertiary/aromatic N) is 2. The first-order chi connectivity index (χ1) is 10.1. The van der Waals surface area contributed by atoms with Crippen molar-refractivity contribution in [3.8, 4) is 0 Å². The topological polar surface area (TPSA) is 66.9 Å². The summed E-state index contributed by atoms with van der Waals surface area (Å²) >= 11 is 5.70. The predicted molar refractivity (Wildman–Crippen MR) is 79.3 cm³/mol. The van der Waals surface area contributed by atoms with E-state index in [2.05, 4.69) is 20.6 Å². The first-order valence-corrected chi connectivity index (χ1v) is 6.81. The van der Waals surface area contributed by atoms with Crippen LogP contribution in [0.1, 0.15) is 23.8 Å². The molecule has 21 heavy (non-hydrogen) atoms. The number of carbonyl (C=O) groups excluding carboxylic acids is 1. The van der Waals surface area contributed by atoms with Crippen molar-refractivity contribution < 1.29 is 9.18 Å². The second kappa shape index (κ2) is 6.99. The second-order valence-electron chi connectivity index (χ2n) is 4.28. The minimum absolute atomic E-state index is 0.00292. The molecule has 1 aromatic heterocycles. The van der Waals surface area contributed by atoms with Crippen LogP contribution in [0.15, 0.2) is 30.5 Å². The number of halogens is 2. The first kappa shape index (κ1) is 15.2. The van der Waals surface area contributed by atoms with E-state index in [0.717, 1.165) is 6.42 Å². The highest BCUT2D eigenvalue weighted by atomic mass is 35.5. The molecule has 2 aromatic rings. The van der Waals surface area contributed by atoms with Gasteiger partial charge in [-0.1, -0.05) is 18.5 Å². The van der Waals surface area contributed by atoms with Crippen LogP contribution in [0.5, 0.6) is 0 Å². The molecule has 0 aliphatic carbocycles. The highest BCUT2D eigenvalue weighted by Crippen LogP contribution is 2.21. The molecule has 0 aliphatic heterocycles. The molecule has 2 N–H and O–H groups in total. The van der Waals surface area contributed by atoms with Crippen LogP contribution >= 0.6 is 11.6 Å². The van der Waals surface area contributed by atoms with E-state index in [1.54, 1.807) is 0 Å². The highest BCUT2D eigenvalue weighted by molar-refractivity contribution is 6.31. The minimum atomic E-state index is -0.504. The average molecular weight is 309 g/mol. The Kier molecular flexibility index (Phi) is 5.05. The number of rotatable bonds is 5. The van der Waals surface area contributed by atoms with Crippen molar-refractivity contribution in [3.63, 3.8) is 0 Å². The molecule has 5 nitrogen and oxygen atoms in total. The van der Waals surface area contributed by atoms with Crippen LogP contribution in [0.4, 0.5) is 16.0 Å². The zero-order valence-corrected chi connectivity index (χ0v) is 12.1. The van der Waals surface area contributed by atoms with Crippen LogP contribution in [-0.4, -0.2) is 22.4 Å². The van der Waals surface area contributed by atoms with Crippen LogP contribution in [0.3, 0.4) is 0 Å². The first-order valence-electron chi connectivity index (χ1n) is 6.43. The second-order valence-corrected chi connectivity index (χ2v) is 4.68. The zero-order chi connectivity index (χ0) is 15.2. The van der Waals surface area contributed by atoms with E-state index in [1.165, 1.54) is 30.5 Å². The van der Waals surface area contributed by atoms with Crippen LogP contribution < -0.4 is 10.6 Å². The largest absolute Gasteiger partial charge is 0.351 e. The summed E-state index contributed by atoms with van der Waals surface area (Å²) in [5.74, 6) is -0.530. The molecule has 0 atom stereocenters. The molecule has 7 heteroatoms. The SMILES string of the molecule is CCCNC(=O)c1ccnc(Nc2ccc(F)c(Cl)c2)n1. The number of hydrogen-bond acceptors (Lipinski definition) is 4. The van der Waals surface area contributed by atoms with Crippen LogP contribution in [-0.2, 0) is 0 Å². The Morgan fingerprint density at radius 2 is 2.19 bits per heavy atom. The Bertz CT molecular complexity index is 651. The van der Waals surface area contributed by atoms with E-state index in [9.17, 15) is 9.18 Å². The van der Waals surface area contributed by atoms with Gasteiger partial charge in [-0.2, -0.15) is 0 Å². The van der Waals surface area contributed by atoms with Crippen molar-refractivity contribution in [1.82, 2.24) is 15.3 Å². The lowest BCUT2D eigenvalue weighted by atomic mass is 10.3. The minimum Gasteiger partial charge on any atom is -0.351 e. The van der Waals surface area contributed by atoms with Gasteiger partial charge in [0.15, 0.2) is 0 Å². The molecule has 0 radical (unpaired) electrons. The Morgan fingerprint density at radius 3 is 2.90 bits per heavy atom. The fourth-order valence-corrected chi connectivity index (χ4v) is 1.76. The third kappa shape index (κ3) is 4.13. The van der Waals surface area contributed by atoms with Gasteiger partial charge in [-0.05, 0) is 30.7 Å². The van der Waals surface area contributed by atoms with Gasteiger partial charge < -0.3 is 10.6 Å². The standard InChI is InChI=1S/C14H14ClFN4O/c1-2-6-17-13(21)12-5-7-18-14(20-12)19-9-3-4-11(16)10(15)8-9/h3-5,7-8H,2,6H2,1H3,(H,17,21)(H,18,19,20). The third-order valence-corrected chi connectivity index (χ3v) is 2.89. The zero-order valence-electron chi connectivity index (χ0n) is 11.4. The van der Waals surface area contributed by atoms with E-state index in [4.69, 9.17) is 11.6 Å². The summed E-state index contributed by atoms with van der Waals surface area (Å²) in [5, 5.41) is 5.60. The molecule has 0 fully saturated rings. The molecule has 110 valence electrons. The smallest absolute Gasteiger partial charge is 0.270 e. The average Bonchev–Trinajstić information content (AvgIpc) is 2.49. The van der Waals surface area contributed by atoms with Crippen molar-refractivity contribution in [2.75, 3.05) is 11.9 Å². The Balaban J connectivity index is 2.13. The lowest BCUT2D eigenvalue weighted by Gasteiger charge is -2.07. The Hall–Kier alpha value is -2.21. The van der Waals surface area contributed by atoms with E-state index in [-0.39, 0.29) is 22.6 Å².